The van der Waals surface area contributed by atoms with Crippen LogP contribution < -0.4 is 0 Å². The lowest BCUT2D eigenvalue weighted by atomic mass is 9.45. The van der Waals surface area contributed by atoms with E-state index in [1.54, 1.807) is 0 Å². The minimum atomic E-state index is -0.0893. The van der Waals surface area contributed by atoms with E-state index in [2.05, 4.69) is 20.8 Å². The summed E-state index contributed by atoms with van der Waals surface area (Å²) in [4.78, 5) is 12.0. The summed E-state index contributed by atoms with van der Waals surface area (Å²) in [6, 6.07) is 0. The molecule has 0 aliphatic heterocycles. The molecule has 0 aromatic carbocycles. The summed E-state index contributed by atoms with van der Waals surface area (Å²) in [5.41, 5.74) is 1.73. The van der Waals surface area contributed by atoms with E-state index in [1.807, 2.05) is 6.08 Å². The number of allylic oxidation sites excluding steroid dienone is 2. The zero-order valence-electron chi connectivity index (χ0n) is 14.3. The molecule has 0 bridgehead atoms. The quantitative estimate of drug-likeness (QED) is 0.730. The third-order valence-electron chi connectivity index (χ3n) is 8.53. The lowest BCUT2D eigenvalue weighted by Gasteiger charge is -2.60. The van der Waals surface area contributed by atoms with Crippen molar-refractivity contribution in [2.45, 2.75) is 71.8 Å². The topological polar surface area (TPSA) is 37.3 Å². The molecule has 122 valence electrons. The van der Waals surface area contributed by atoms with E-state index in [0.717, 1.165) is 24.7 Å². The predicted molar refractivity (Wildman–Crippen MR) is 87.3 cm³/mol. The second-order valence-electron chi connectivity index (χ2n) is 9.07. The first-order valence-electron chi connectivity index (χ1n) is 9.27. The van der Waals surface area contributed by atoms with E-state index in [0.29, 0.717) is 17.6 Å². The molecule has 1 unspecified atom stereocenters. The Morgan fingerprint density at radius 2 is 1.86 bits per heavy atom. The van der Waals surface area contributed by atoms with Gasteiger partial charge in [-0.05, 0) is 86.0 Å². The summed E-state index contributed by atoms with van der Waals surface area (Å²) in [6.07, 6.45) is 9.71. The molecule has 4 rings (SSSR count). The summed E-state index contributed by atoms with van der Waals surface area (Å²) in [6.45, 7) is 6.98. The van der Waals surface area contributed by atoms with Gasteiger partial charge < -0.3 is 5.11 Å². The maximum atomic E-state index is 12.0. The number of rotatable bonds is 0. The normalized spacial score (nSPS) is 54.3. The third-order valence-corrected chi connectivity index (χ3v) is 8.53. The number of aliphatic hydroxyl groups excluding tert-OH is 1. The smallest absolute Gasteiger partial charge is 0.155 e. The van der Waals surface area contributed by atoms with Gasteiger partial charge in [-0.25, -0.2) is 0 Å². The highest BCUT2D eigenvalue weighted by molar-refractivity contribution is 5.91. The molecular weight excluding hydrogens is 272 g/mol. The van der Waals surface area contributed by atoms with Crippen molar-refractivity contribution in [3.8, 4) is 0 Å². The molecule has 0 radical (unpaired) electrons. The van der Waals surface area contributed by atoms with Gasteiger partial charge in [-0.15, -0.1) is 0 Å². The maximum absolute atomic E-state index is 12.0. The Hall–Kier alpha value is -0.630. The van der Waals surface area contributed by atoms with E-state index in [4.69, 9.17) is 0 Å². The molecule has 0 spiro atoms. The van der Waals surface area contributed by atoms with Gasteiger partial charge in [-0.3, -0.25) is 4.79 Å². The monoisotopic (exact) mass is 302 g/mol. The van der Waals surface area contributed by atoms with Crippen molar-refractivity contribution in [3.05, 3.63) is 11.6 Å². The van der Waals surface area contributed by atoms with Crippen LogP contribution in [0, 0.1) is 34.5 Å². The molecule has 0 aromatic rings. The number of hydrogen-bond donors (Lipinski definition) is 1. The lowest BCUT2D eigenvalue weighted by Crippen LogP contribution is -2.54. The Kier molecular flexibility index (Phi) is 3.18. The first-order chi connectivity index (χ1) is 10.4. The number of carbonyl (C=O) groups is 1. The zero-order chi connectivity index (χ0) is 15.7. The Labute approximate surface area is 134 Å². The van der Waals surface area contributed by atoms with Crippen LogP contribution in [0.2, 0.25) is 0 Å². The summed E-state index contributed by atoms with van der Waals surface area (Å²) in [7, 11) is 0. The first-order valence-corrected chi connectivity index (χ1v) is 9.27. The van der Waals surface area contributed by atoms with Crippen molar-refractivity contribution in [1.82, 2.24) is 0 Å². The van der Waals surface area contributed by atoms with Gasteiger partial charge in [0.05, 0.1) is 6.10 Å². The van der Waals surface area contributed by atoms with Crippen molar-refractivity contribution in [3.63, 3.8) is 0 Å². The van der Waals surface area contributed by atoms with Gasteiger partial charge in [0.25, 0.3) is 0 Å². The van der Waals surface area contributed by atoms with Crippen molar-refractivity contribution in [2.24, 2.45) is 34.5 Å². The molecule has 0 aromatic heterocycles. The molecule has 7 atom stereocenters. The molecule has 4 aliphatic rings. The van der Waals surface area contributed by atoms with Crippen LogP contribution in [0.15, 0.2) is 11.6 Å². The van der Waals surface area contributed by atoms with Crippen molar-refractivity contribution in [2.75, 3.05) is 0 Å². The highest BCUT2D eigenvalue weighted by Crippen LogP contribution is 2.66. The lowest BCUT2D eigenvalue weighted by molar-refractivity contribution is -0.125. The van der Waals surface area contributed by atoms with E-state index >= 15 is 0 Å². The van der Waals surface area contributed by atoms with Gasteiger partial charge in [0, 0.05) is 6.42 Å². The molecule has 3 saturated carbocycles. The van der Waals surface area contributed by atoms with Crippen LogP contribution in [-0.2, 0) is 4.79 Å². The standard InChI is InChI=1S/C20H30O2/c1-12-10-14(21)11-13-4-5-15-16-6-7-18(22)19(16,2)9-8-17(15)20(12,13)3/h10,13,15-18,22H,4-9,11H2,1-3H3/t13-,15-,16-,17-,18?,19-,20-/m0/s1. The fraction of sp³-hybridized carbons (Fsp3) is 0.850. The van der Waals surface area contributed by atoms with Gasteiger partial charge in [0.2, 0.25) is 0 Å². The third kappa shape index (κ3) is 1.74. The summed E-state index contributed by atoms with van der Waals surface area (Å²) in [5.74, 6) is 3.08. The molecule has 1 N–H and O–H groups in total. The fourth-order valence-corrected chi connectivity index (χ4v) is 7.03. The number of fused-ring (bicyclic) bond motifs is 5. The van der Waals surface area contributed by atoms with E-state index in [-0.39, 0.29) is 16.9 Å². The number of aliphatic hydroxyl groups is 1. The van der Waals surface area contributed by atoms with Gasteiger partial charge in [-0.1, -0.05) is 19.4 Å². The highest BCUT2D eigenvalue weighted by Gasteiger charge is 2.60. The molecule has 0 heterocycles. The number of ketones is 1. The van der Waals surface area contributed by atoms with Crippen LogP contribution in [0.3, 0.4) is 0 Å². The molecular formula is C20H30O2. The summed E-state index contributed by atoms with van der Waals surface area (Å²) < 4.78 is 0. The van der Waals surface area contributed by atoms with Gasteiger partial charge in [-0.2, -0.15) is 0 Å². The van der Waals surface area contributed by atoms with E-state index in [9.17, 15) is 9.90 Å². The molecule has 0 amide bonds. The Bertz CT molecular complexity index is 536. The van der Waals surface area contributed by atoms with Crippen molar-refractivity contribution < 1.29 is 9.90 Å². The van der Waals surface area contributed by atoms with Crippen LogP contribution in [0.5, 0.6) is 0 Å². The molecule has 22 heavy (non-hydrogen) atoms. The van der Waals surface area contributed by atoms with Crippen LogP contribution in [0.1, 0.15) is 65.7 Å². The highest BCUT2D eigenvalue weighted by atomic mass is 16.3. The minimum Gasteiger partial charge on any atom is -0.393 e. The summed E-state index contributed by atoms with van der Waals surface area (Å²) >= 11 is 0. The second-order valence-corrected chi connectivity index (χ2v) is 9.07. The van der Waals surface area contributed by atoms with Crippen LogP contribution in [-0.4, -0.2) is 17.0 Å². The zero-order valence-corrected chi connectivity index (χ0v) is 14.3. The average molecular weight is 302 g/mol. The molecule has 0 saturated heterocycles. The molecule has 2 heteroatoms. The number of hydrogen-bond acceptors (Lipinski definition) is 2. The summed E-state index contributed by atoms with van der Waals surface area (Å²) in [5, 5.41) is 10.5. The van der Waals surface area contributed by atoms with Gasteiger partial charge >= 0.3 is 0 Å². The molecule has 4 aliphatic carbocycles. The van der Waals surface area contributed by atoms with Crippen LogP contribution in [0.25, 0.3) is 0 Å². The van der Waals surface area contributed by atoms with Gasteiger partial charge in [0.1, 0.15) is 0 Å². The molecule has 2 nitrogen and oxygen atoms in total. The van der Waals surface area contributed by atoms with E-state index in [1.165, 1.54) is 37.7 Å². The minimum absolute atomic E-state index is 0.0893. The number of carbonyl (C=O) groups excluding carboxylic acids is 1. The Balaban J connectivity index is 1.72. The second kappa shape index (κ2) is 4.69. The Morgan fingerprint density at radius 1 is 1.09 bits per heavy atom. The SMILES string of the molecule is CC1=CC(=O)C[C@@H]2CC[C@@H]3[C@H](CC[C@]4(C)C(O)CC[C@@H]34)[C@@]12C. The maximum Gasteiger partial charge on any atom is 0.155 e. The first kappa shape index (κ1) is 14.9. The largest absolute Gasteiger partial charge is 0.393 e. The predicted octanol–water partition coefficient (Wildman–Crippen LogP) is 4.13. The van der Waals surface area contributed by atoms with Gasteiger partial charge in [0.15, 0.2) is 5.78 Å². The molecule has 3 fully saturated rings. The van der Waals surface area contributed by atoms with Crippen molar-refractivity contribution >= 4 is 5.78 Å². The van der Waals surface area contributed by atoms with E-state index < -0.39 is 0 Å². The van der Waals surface area contributed by atoms with Crippen LogP contribution >= 0.6 is 0 Å². The average Bonchev–Trinajstić information content (AvgIpc) is 2.77. The van der Waals surface area contributed by atoms with Crippen molar-refractivity contribution in [1.29, 1.82) is 0 Å². The fourth-order valence-electron chi connectivity index (χ4n) is 7.03. The Morgan fingerprint density at radius 3 is 2.64 bits per heavy atom. The van der Waals surface area contributed by atoms with Crippen LogP contribution in [0.4, 0.5) is 0 Å².